The van der Waals surface area contributed by atoms with Crippen LogP contribution in [0.5, 0.6) is 11.6 Å². The molecule has 1 fully saturated rings. The molecule has 4 aromatic rings. The number of carbonyl (C=O) groups is 1. The summed E-state index contributed by atoms with van der Waals surface area (Å²) in [7, 11) is 0. The van der Waals surface area contributed by atoms with Crippen molar-refractivity contribution in [2.75, 3.05) is 11.9 Å². The molecule has 9 nitrogen and oxygen atoms in total. The van der Waals surface area contributed by atoms with Crippen molar-refractivity contribution >= 4 is 22.8 Å². The molecular formula is C24H25N7O2. The minimum Gasteiger partial charge on any atom is -0.439 e. The summed E-state index contributed by atoms with van der Waals surface area (Å²) in [5.74, 6) is 1.79. The van der Waals surface area contributed by atoms with Crippen LogP contribution in [0.3, 0.4) is 0 Å². The molecule has 2 N–H and O–H groups in total. The van der Waals surface area contributed by atoms with Crippen molar-refractivity contribution in [1.82, 2.24) is 29.6 Å². The summed E-state index contributed by atoms with van der Waals surface area (Å²) < 4.78 is 7.70. The third kappa shape index (κ3) is 3.54. The monoisotopic (exact) mass is 443 g/mol. The van der Waals surface area contributed by atoms with Gasteiger partial charge < -0.3 is 4.74 Å². The van der Waals surface area contributed by atoms with Crippen LogP contribution >= 0.6 is 0 Å². The number of anilines is 1. The molecule has 1 amide bonds. The highest BCUT2D eigenvalue weighted by Gasteiger charge is 2.40. The van der Waals surface area contributed by atoms with Crippen molar-refractivity contribution in [3.05, 3.63) is 59.8 Å². The lowest BCUT2D eigenvalue weighted by Crippen LogP contribution is -2.18. The summed E-state index contributed by atoms with van der Waals surface area (Å²) in [4.78, 5) is 23.9. The molecule has 33 heavy (non-hydrogen) atoms. The zero-order valence-electron chi connectivity index (χ0n) is 18.6. The molecule has 0 bridgehead atoms. The van der Waals surface area contributed by atoms with Crippen molar-refractivity contribution in [1.29, 1.82) is 0 Å². The van der Waals surface area contributed by atoms with Crippen molar-refractivity contribution < 1.29 is 9.53 Å². The second kappa shape index (κ2) is 7.41. The Balaban J connectivity index is 1.21. The number of carbonyl (C=O) groups excluding carboxylic acids is 1. The first kappa shape index (κ1) is 19.9. The molecule has 3 aromatic heterocycles. The third-order valence-corrected chi connectivity index (χ3v) is 6.76. The normalized spacial score (nSPS) is 16.7. The maximum Gasteiger partial charge on any atom is 0.331 e. The first-order valence-electron chi connectivity index (χ1n) is 11.2. The van der Waals surface area contributed by atoms with Crippen LogP contribution < -0.4 is 10.1 Å². The van der Waals surface area contributed by atoms with Gasteiger partial charge in [0.25, 0.3) is 0 Å². The lowest BCUT2D eigenvalue weighted by atomic mass is 10.1. The number of fused-ring (bicyclic) bond motifs is 2. The van der Waals surface area contributed by atoms with Gasteiger partial charge in [0.05, 0.1) is 16.8 Å². The largest absolute Gasteiger partial charge is 0.439 e. The lowest BCUT2D eigenvalue weighted by Gasteiger charge is -2.11. The molecule has 6 rings (SSSR count). The highest BCUT2D eigenvalue weighted by atomic mass is 16.5. The number of nitrogens with zero attached hydrogens (tertiary/aromatic N) is 5. The van der Waals surface area contributed by atoms with Crippen LogP contribution in [-0.2, 0) is 18.5 Å². The smallest absolute Gasteiger partial charge is 0.331 e. The van der Waals surface area contributed by atoms with Crippen molar-refractivity contribution in [2.24, 2.45) is 0 Å². The van der Waals surface area contributed by atoms with Gasteiger partial charge in [-0.05, 0) is 43.7 Å². The van der Waals surface area contributed by atoms with Crippen LogP contribution in [0.2, 0.25) is 0 Å². The number of benzene rings is 1. The van der Waals surface area contributed by atoms with E-state index < -0.39 is 0 Å². The Morgan fingerprint density at radius 2 is 2.09 bits per heavy atom. The van der Waals surface area contributed by atoms with Gasteiger partial charge in [0, 0.05) is 41.8 Å². The molecule has 1 aromatic carbocycles. The number of nitrogens with one attached hydrogen (secondary N) is 2. The average molecular weight is 444 g/mol. The fourth-order valence-electron chi connectivity index (χ4n) is 4.32. The fourth-order valence-corrected chi connectivity index (χ4v) is 4.32. The Labute approximate surface area is 190 Å². The predicted octanol–water partition coefficient (Wildman–Crippen LogP) is 4.41. The molecule has 2 aliphatic rings. The fraction of sp³-hybridized carbons (Fsp3) is 0.333. The Hall–Kier alpha value is -3.72. The van der Waals surface area contributed by atoms with E-state index in [2.05, 4.69) is 44.2 Å². The number of aromatic amines is 1. The summed E-state index contributed by atoms with van der Waals surface area (Å²) in [5.41, 5.74) is 4.08. The van der Waals surface area contributed by atoms with Gasteiger partial charge in [0.1, 0.15) is 12.1 Å². The van der Waals surface area contributed by atoms with Gasteiger partial charge in [-0.15, -0.1) is 0 Å². The van der Waals surface area contributed by atoms with E-state index in [0.717, 1.165) is 60.3 Å². The Morgan fingerprint density at radius 1 is 1.21 bits per heavy atom. The second-order valence-corrected chi connectivity index (χ2v) is 9.07. The van der Waals surface area contributed by atoms with Gasteiger partial charge in [-0.1, -0.05) is 13.8 Å². The molecule has 1 aliphatic carbocycles. The van der Waals surface area contributed by atoms with E-state index in [1.54, 1.807) is 17.1 Å². The van der Waals surface area contributed by atoms with E-state index in [-0.39, 0.29) is 11.4 Å². The van der Waals surface area contributed by atoms with Crippen LogP contribution in [0.25, 0.3) is 10.9 Å². The summed E-state index contributed by atoms with van der Waals surface area (Å²) in [6.45, 7) is 6.89. The third-order valence-electron chi connectivity index (χ3n) is 6.76. The number of hydrogen-bond acceptors (Lipinski definition) is 6. The number of aromatic nitrogens is 5. The van der Waals surface area contributed by atoms with Gasteiger partial charge in [0.15, 0.2) is 5.82 Å². The predicted molar refractivity (Wildman–Crippen MR) is 123 cm³/mol. The standard InChI is InChI=1S/C24H25N7O2/c1-3-30-12-17-18(13-30)25-14-26-22(17)33-16-4-5-19-15(10-16)6-9-31(19)23(32)27-21-11-20(28-29-21)24(2)7-8-24/h4-6,9-11,14H,3,7-8,12-13H2,1-2H3,(H2,27,28,29,32). The van der Waals surface area contributed by atoms with E-state index in [0.29, 0.717) is 17.4 Å². The summed E-state index contributed by atoms with van der Waals surface area (Å²) in [5, 5.41) is 11.1. The molecule has 0 radical (unpaired) electrons. The highest BCUT2D eigenvalue weighted by molar-refractivity contribution is 5.98. The molecule has 9 heteroatoms. The molecule has 1 saturated carbocycles. The van der Waals surface area contributed by atoms with E-state index in [1.807, 2.05) is 30.3 Å². The molecule has 168 valence electrons. The Bertz CT molecular complexity index is 1370. The maximum absolute atomic E-state index is 12.9. The second-order valence-electron chi connectivity index (χ2n) is 9.07. The quantitative estimate of drug-likeness (QED) is 0.474. The number of amides is 1. The van der Waals surface area contributed by atoms with Gasteiger partial charge >= 0.3 is 6.03 Å². The van der Waals surface area contributed by atoms with Crippen LogP contribution in [0.4, 0.5) is 10.6 Å². The van der Waals surface area contributed by atoms with Gasteiger partial charge in [-0.2, -0.15) is 5.10 Å². The Kier molecular flexibility index (Phi) is 4.48. The van der Waals surface area contributed by atoms with Gasteiger partial charge in [-0.25, -0.2) is 14.8 Å². The van der Waals surface area contributed by atoms with E-state index in [4.69, 9.17) is 4.74 Å². The zero-order chi connectivity index (χ0) is 22.6. The van der Waals surface area contributed by atoms with E-state index in [9.17, 15) is 4.79 Å². The van der Waals surface area contributed by atoms with Crippen molar-refractivity contribution in [3.63, 3.8) is 0 Å². The van der Waals surface area contributed by atoms with Crippen molar-refractivity contribution in [3.8, 4) is 11.6 Å². The summed E-state index contributed by atoms with van der Waals surface area (Å²) in [6.07, 6.45) is 5.59. The molecule has 0 atom stereocenters. The molecule has 4 heterocycles. The topological polar surface area (TPSA) is 101 Å². The van der Waals surface area contributed by atoms with Gasteiger partial charge in [0.2, 0.25) is 5.88 Å². The number of rotatable bonds is 5. The van der Waals surface area contributed by atoms with Crippen LogP contribution in [0.1, 0.15) is 43.6 Å². The average Bonchev–Trinajstić information content (AvgIpc) is 3.21. The van der Waals surface area contributed by atoms with Gasteiger partial charge in [-0.3, -0.25) is 19.9 Å². The molecule has 0 unspecified atom stereocenters. The SMILES string of the molecule is CCN1Cc2ncnc(Oc3ccc4c(ccn4C(=O)Nc4cc(C5(C)CC5)[nH]n4)c3)c2C1. The minimum absolute atomic E-state index is 0.172. The summed E-state index contributed by atoms with van der Waals surface area (Å²) >= 11 is 0. The minimum atomic E-state index is -0.258. The molecule has 0 saturated heterocycles. The van der Waals surface area contributed by atoms with Crippen molar-refractivity contribution in [2.45, 2.75) is 45.2 Å². The molecule has 1 aliphatic heterocycles. The lowest BCUT2D eigenvalue weighted by molar-refractivity contribution is 0.254. The zero-order valence-corrected chi connectivity index (χ0v) is 18.6. The molecule has 0 spiro atoms. The number of ether oxygens (including phenoxy) is 1. The van der Waals surface area contributed by atoms with E-state index >= 15 is 0 Å². The summed E-state index contributed by atoms with van der Waals surface area (Å²) in [6, 6.07) is 9.21. The molecular weight excluding hydrogens is 418 g/mol. The first-order chi connectivity index (χ1) is 16.0. The highest BCUT2D eigenvalue weighted by Crippen LogP contribution is 2.47. The van der Waals surface area contributed by atoms with Crippen LogP contribution in [0.15, 0.2) is 42.9 Å². The number of hydrogen-bond donors (Lipinski definition) is 2. The first-order valence-corrected chi connectivity index (χ1v) is 11.2. The van der Waals surface area contributed by atoms with Crippen LogP contribution in [0, 0.1) is 0 Å². The number of H-pyrrole nitrogens is 1. The van der Waals surface area contributed by atoms with E-state index in [1.165, 1.54) is 0 Å². The maximum atomic E-state index is 12.9. The Morgan fingerprint density at radius 3 is 2.91 bits per heavy atom. The van der Waals surface area contributed by atoms with Crippen LogP contribution in [-0.4, -0.2) is 42.2 Å².